The van der Waals surface area contributed by atoms with E-state index >= 15 is 0 Å². The molecule has 2 rings (SSSR count). The number of pyridine rings is 1. The zero-order valence-corrected chi connectivity index (χ0v) is 13.2. The molecule has 0 radical (unpaired) electrons. The number of hydrogen-bond donors (Lipinski definition) is 1. The van der Waals surface area contributed by atoms with Gasteiger partial charge in [0.25, 0.3) is 0 Å². The quantitative estimate of drug-likeness (QED) is 0.685. The van der Waals surface area contributed by atoms with Crippen LogP contribution in [0.5, 0.6) is 0 Å². The van der Waals surface area contributed by atoms with E-state index in [2.05, 4.69) is 14.2 Å². The first kappa shape index (κ1) is 15.7. The molecule has 1 unspecified atom stereocenters. The van der Waals surface area contributed by atoms with E-state index in [9.17, 15) is 4.39 Å². The van der Waals surface area contributed by atoms with Gasteiger partial charge in [0, 0.05) is 12.2 Å². The maximum atomic E-state index is 14.1. The lowest BCUT2D eigenvalue weighted by atomic mass is 9.98. The van der Waals surface area contributed by atoms with E-state index in [1.54, 1.807) is 18.2 Å². The van der Waals surface area contributed by atoms with Crippen LogP contribution < -0.4 is 5.30 Å². The van der Waals surface area contributed by atoms with Crippen LogP contribution in [0.15, 0.2) is 24.3 Å². The molecule has 0 fully saturated rings. The second kappa shape index (κ2) is 6.82. The molecule has 2 nitrogen and oxygen atoms in total. The molecule has 1 aromatic heterocycles. The summed E-state index contributed by atoms with van der Waals surface area (Å²) in [5.41, 5.74) is 1.74. The van der Waals surface area contributed by atoms with Crippen molar-refractivity contribution in [3.8, 4) is 11.1 Å². The number of benzene rings is 1. The normalized spacial score (nSPS) is 10.8. The van der Waals surface area contributed by atoms with E-state index in [4.69, 9.17) is 28.3 Å². The second-order valence-electron chi connectivity index (χ2n) is 4.33. The van der Waals surface area contributed by atoms with Crippen molar-refractivity contribution in [2.24, 2.45) is 0 Å². The molecule has 6 heteroatoms. The predicted octanol–water partition coefficient (Wildman–Crippen LogP) is 3.62. The van der Waals surface area contributed by atoms with Gasteiger partial charge in [0.2, 0.25) is 0 Å². The minimum absolute atomic E-state index is 0.0332. The first-order valence-corrected chi connectivity index (χ1v) is 7.37. The van der Waals surface area contributed by atoms with Crippen LogP contribution >= 0.6 is 32.4 Å². The van der Waals surface area contributed by atoms with Crippen LogP contribution in [0.4, 0.5) is 4.39 Å². The average molecular weight is 332 g/mol. The monoisotopic (exact) mass is 331 g/mol. The van der Waals surface area contributed by atoms with Crippen molar-refractivity contribution >= 4 is 37.7 Å². The standard InChI is InChI=1S/C14H13Cl2FNOP/c15-13-7-11(9-4-3-8(20)6-12(9)17)10(2-1-5-19)14(16)18-13/h3-4,6-7,19H,1-2,5,20H2. The summed E-state index contributed by atoms with van der Waals surface area (Å²) in [5, 5.41) is 10.2. The van der Waals surface area contributed by atoms with E-state index in [0.717, 1.165) is 5.30 Å². The highest BCUT2D eigenvalue weighted by molar-refractivity contribution is 7.27. The Morgan fingerprint density at radius 3 is 2.60 bits per heavy atom. The number of rotatable bonds is 4. The van der Waals surface area contributed by atoms with Crippen molar-refractivity contribution in [2.75, 3.05) is 6.61 Å². The van der Waals surface area contributed by atoms with Gasteiger partial charge in [-0.3, -0.25) is 0 Å². The van der Waals surface area contributed by atoms with Gasteiger partial charge in [0.05, 0.1) is 0 Å². The van der Waals surface area contributed by atoms with Crippen LogP contribution in [-0.4, -0.2) is 16.7 Å². The fourth-order valence-electron chi connectivity index (χ4n) is 1.99. The number of aromatic nitrogens is 1. The van der Waals surface area contributed by atoms with Gasteiger partial charge in [0.1, 0.15) is 16.1 Å². The molecule has 0 saturated carbocycles. The Balaban J connectivity index is 2.59. The second-order valence-corrected chi connectivity index (χ2v) is 5.74. The Labute approximate surface area is 129 Å². The molecule has 0 spiro atoms. The molecule has 0 saturated heterocycles. The van der Waals surface area contributed by atoms with Crippen LogP contribution in [0, 0.1) is 5.82 Å². The van der Waals surface area contributed by atoms with Crippen LogP contribution in [0.25, 0.3) is 11.1 Å². The minimum Gasteiger partial charge on any atom is -0.396 e. The molecular weight excluding hydrogens is 319 g/mol. The van der Waals surface area contributed by atoms with Crippen LogP contribution in [-0.2, 0) is 6.42 Å². The number of nitrogens with zero attached hydrogens (tertiary/aromatic N) is 1. The Kier molecular flexibility index (Phi) is 5.34. The van der Waals surface area contributed by atoms with Crippen molar-refractivity contribution in [1.29, 1.82) is 0 Å². The molecule has 0 aliphatic carbocycles. The summed E-state index contributed by atoms with van der Waals surface area (Å²) < 4.78 is 14.1. The largest absolute Gasteiger partial charge is 0.396 e. The number of aliphatic hydroxyl groups is 1. The van der Waals surface area contributed by atoms with Gasteiger partial charge in [-0.1, -0.05) is 35.3 Å². The summed E-state index contributed by atoms with van der Waals surface area (Å²) in [6.45, 7) is 0.0332. The van der Waals surface area contributed by atoms with E-state index in [0.29, 0.717) is 29.5 Å². The van der Waals surface area contributed by atoms with Gasteiger partial charge < -0.3 is 5.11 Å². The van der Waals surface area contributed by atoms with E-state index in [1.165, 1.54) is 6.07 Å². The zero-order chi connectivity index (χ0) is 14.7. The number of hydrogen-bond acceptors (Lipinski definition) is 2. The maximum Gasteiger partial charge on any atom is 0.134 e. The van der Waals surface area contributed by atoms with Crippen molar-refractivity contribution in [1.82, 2.24) is 4.98 Å². The summed E-state index contributed by atoms with van der Waals surface area (Å²) in [5.74, 6) is -0.346. The Morgan fingerprint density at radius 2 is 1.95 bits per heavy atom. The summed E-state index contributed by atoms with van der Waals surface area (Å²) in [4.78, 5) is 3.98. The van der Waals surface area contributed by atoms with E-state index < -0.39 is 0 Å². The van der Waals surface area contributed by atoms with Gasteiger partial charge in [-0.05, 0) is 41.4 Å². The maximum absolute atomic E-state index is 14.1. The molecule has 0 bridgehead atoms. The molecule has 1 aromatic carbocycles. The highest BCUT2D eigenvalue weighted by Crippen LogP contribution is 2.32. The molecule has 0 aliphatic rings. The van der Waals surface area contributed by atoms with Crippen molar-refractivity contribution < 1.29 is 9.50 Å². The minimum atomic E-state index is -0.346. The highest BCUT2D eigenvalue weighted by Gasteiger charge is 2.15. The third kappa shape index (κ3) is 3.48. The molecule has 2 aromatic rings. The van der Waals surface area contributed by atoms with Gasteiger partial charge in [-0.2, -0.15) is 0 Å². The summed E-state index contributed by atoms with van der Waals surface area (Å²) in [6.07, 6.45) is 1.04. The van der Waals surface area contributed by atoms with E-state index in [-0.39, 0.29) is 22.7 Å². The molecule has 20 heavy (non-hydrogen) atoms. The number of halogens is 3. The molecule has 106 valence electrons. The van der Waals surface area contributed by atoms with Crippen LogP contribution in [0.2, 0.25) is 10.3 Å². The van der Waals surface area contributed by atoms with Gasteiger partial charge in [0.15, 0.2) is 0 Å². The average Bonchev–Trinajstić information content (AvgIpc) is 2.37. The summed E-state index contributed by atoms with van der Waals surface area (Å²) in [6, 6.07) is 6.50. The fraction of sp³-hybridized carbons (Fsp3) is 0.214. The van der Waals surface area contributed by atoms with Gasteiger partial charge in [-0.25, -0.2) is 9.37 Å². The molecule has 1 atom stereocenters. The lowest BCUT2D eigenvalue weighted by Crippen LogP contribution is -2.00. The third-order valence-electron chi connectivity index (χ3n) is 2.91. The van der Waals surface area contributed by atoms with Gasteiger partial charge >= 0.3 is 0 Å². The lowest BCUT2D eigenvalue weighted by molar-refractivity contribution is 0.288. The first-order valence-electron chi connectivity index (χ1n) is 6.04. The van der Waals surface area contributed by atoms with Crippen molar-refractivity contribution in [3.63, 3.8) is 0 Å². The van der Waals surface area contributed by atoms with Crippen LogP contribution in [0.1, 0.15) is 12.0 Å². The lowest BCUT2D eigenvalue weighted by Gasteiger charge is -2.12. The first-order chi connectivity index (χ1) is 9.52. The molecule has 0 aliphatic heterocycles. The fourth-order valence-corrected chi connectivity index (χ4v) is 2.76. The SMILES string of the molecule is OCCCc1c(-c2ccc(P)cc2F)cc(Cl)nc1Cl. The van der Waals surface area contributed by atoms with Crippen molar-refractivity contribution in [3.05, 3.63) is 46.0 Å². The third-order valence-corrected chi connectivity index (χ3v) is 3.78. The van der Waals surface area contributed by atoms with Crippen molar-refractivity contribution in [2.45, 2.75) is 12.8 Å². The highest BCUT2D eigenvalue weighted by atomic mass is 35.5. The van der Waals surface area contributed by atoms with Crippen LogP contribution in [0.3, 0.4) is 0 Å². The Morgan fingerprint density at radius 1 is 1.20 bits per heavy atom. The predicted molar refractivity (Wildman–Crippen MR) is 84.4 cm³/mol. The molecular formula is C14H13Cl2FNOP. The Bertz CT molecular complexity index is 637. The summed E-state index contributed by atoms with van der Waals surface area (Å²) in [7, 11) is 2.45. The molecule has 0 amide bonds. The topological polar surface area (TPSA) is 33.1 Å². The summed E-state index contributed by atoms with van der Waals surface area (Å²) >= 11 is 12.0. The molecule has 1 N–H and O–H groups in total. The van der Waals surface area contributed by atoms with Gasteiger partial charge in [-0.15, -0.1) is 9.24 Å². The smallest absolute Gasteiger partial charge is 0.134 e. The Hall–Kier alpha value is -0.730. The number of aliphatic hydroxyl groups excluding tert-OH is 1. The van der Waals surface area contributed by atoms with E-state index in [1.807, 2.05) is 0 Å². The zero-order valence-electron chi connectivity index (χ0n) is 10.5. The molecule has 1 heterocycles.